The van der Waals surface area contributed by atoms with Crippen molar-refractivity contribution in [1.29, 1.82) is 0 Å². The molecule has 0 fully saturated rings. The Morgan fingerprint density at radius 3 is 2.61 bits per heavy atom. The summed E-state index contributed by atoms with van der Waals surface area (Å²) in [5, 5.41) is 4.28. The smallest absolute Gasteiger partial charge is 0.231 e. The summed E-state index contributed by atoms with van der Waals surface area (Å²) in [5.74, 6) is 0. The summed E-state index contributed by atoms with van der Waals surface area (Å²) in [6, 6.07) is 3.62. The highest BCUT2D eigenvalue weighted by atomic mass is 35.7. The summed E-state index contributed by atoms with van der Waals surface area (Å²) < 4.78 is 24.6. The van der Waals surface area contributed by atoms with Crippen molar-refractivity contribution in [2.75, 3.05) is 0 Å². The minimum atomic E-state index is -3.85. The van der Waals surface area contributed by atoms with E-state index in [0.29, 0.717) is 17.8 Å². The standard InChI is InChI=1S/C11H14ClN3O2S/c1-3-5-8-6-7-10-13-9(4-2)11(15(10)14-8)18(12,16)17/h6-7H,3-5H2,1-2H3. The fraction of sp³-hybridized carbons (Fsp3) is 0.455. The molecule has 0 saturated heterocycles. The number of hydrogen-bond acceptors (Lipinski definition) is 4. The molecule has 5 nitrogen and oxygen atoms in total. The highest BCUT2D eigenvalue weighted by Gasteiger charge is 2.23. The van der Waals surface area contributed by atoms with Gasteiger partial charge >= 0.3 is 0 Å². The summed E-state index contributed by atoms with van der Waals surface area (Å²) in [4.78, 5) is 4.24. The minimum absolute atomic E-state index is 0.0142. The lowest BCUT2D eigenvalue weighted by atomic mass is 10.2. The van der Waals surface area contributed by atoms with E-state index >= 15 is 0 Å². The molecule has 0 atom stereocenters. The SMILES string of the molecule is CCCc1ccc2nc(CC)c(S(=O)(=O)Cl)n2n1. The average Bonchev–Trinajstić information content (AvgIpc) is 2.66. The zero-order chi connectivity index (χ0) is 13.3. The molecule has 7 heteroatoms. The minimum Gasteiger partial charge on any atom is -0.231 e. The van der Waals surface area contributed by atoms with Crippen LogP contribution in [0.1, 0.15) is 31.7 Å². The van der Waals surface area contributed by atoms with E-state index in [1.807, 2.05) is 19.9 Å². The summed E-state index contributed by atoms with van der Waals surface area (Å²) in [6.07, 6.45) is 2.22. The lowest BCUT2D eigenvalue weighted by Crippen LogP contribution is -2.05. The largest absolute Gasteiger partial charge is 0.280 e. The number of halogens is 1. The molecular formula is C11H14ClN3O2S. The van der Waals surface area contributed by atoms with E-state index in [-0.39, 0.29) is 5.03 Å². The molecule has 0 N–H and O–H groups in total. The monoisotopic (exact) mass is 287 g/mol. The van der Waals surface area contributed by atoms with Gasteiger partial charge in [-0.1, -0.05) is 20.3 Å². The van der Waals surface area contributed by atoms with Crippen LogP contribution in [-0.4, -0.2) is 23.0 Å². The van der Waals surface area contributed by atoms with Crippen molar-refractivity contribution in [3.05, 3.63) is 23.5 Å². The molecule has 2 aromatic rings. The van der Waals surface area contributed by atoms with Crippen molar-refractivity contribution < 1.29 is 8.42 Å². The molecule has 98 valence electrons. The van der Waals surface area contributed by atoms with E-state index in [0.717, 1.165) is 18.5 Å². The molecule has 2 heterocycles. The van der Waals surface area contributed by atoms with Gasteiger partial charge in [0, 0.05) is 10.7 Å². The molecule has 18 heavy (non-hydrogen) atoms. The Kier molecular flexibility index (Phi) is 3.59. The van der Waals surface area contributed by atoms with Gasteiger partial charge in [-0.05, 0) is 25.0 Å². The number of nitrogens with zero attached hydrogens (tertiary/aromatic N) is 3. The van der Waals surface area contributed by atoms with Crippen molar-refractivity contribution in [3.63, 3.8) is 0 Å². The van der Waals surface area contributed by atoms with Crippen LogP contribution >= 0.6 is 10.7 Å². The number of aryl methyl sites for hydroxylation is 2. The second-order valence-corrected chi connectivity index (χ2v) is 6.48. The predicted molar refractivity (Wildman–Crippen MR) is 69.4 cm³/mol. The molecule has 0 bridgehead atoms. The highest BCUT2D eigenvalue weighted by molar-refractivity contribution is 8.13. The zero-order valence-electron chi connectivity index (χ0n) is 10.2. The first kappa shape index (κ1) is 13.3. The van der Waals surface area contributed by atoms with Gasteiger partial charge in [-0.15, -0.1) is 0 Å². The lowest BCUT2D eigenvalue weighted by Gasteiger charge is -2.01. The normalized spacial score (nSPS) is 12.2. The highest BCUT2D eigenvalue weighted by Crippen LogP contribution is 2.21. The predicted octanol–water partition coefficient (Wildman–Crippen LogP) is 2.17. The second kappa shape index (κ2) is 4.85. The van der Waals surface area contributed by atoms with Crippen LogP contribution in [0.5, 0.6) is 0 Å². The van der Waals surface area contributed by atoms with Crippen molar-refractivity contribution in [2.45, 2.75) is 38.1 Å². The fourth-order valence-corrected chi connectivity index (χ4v) is 3.14. The maximum Gasteiger partial charge on any atom is 0.280 e. The Morgan fingerprint density at radius 1 is 1.33 bits per heavy atom. The first-order valence-corrected chi connectivity index (χ1v) is 8.10. The van der Waals surface area contributed by atoms with E-state index < -0.39 is 9.05 Å². The molecule has 0 aromatic carbocycles. The van der Waals surface area contributed by atoms with Crippen LogP contribution in [0.25, 0.3) is 5.65 Å². The third-order valence-corrected chi connectivity index (χ3v) is 3.94. The molecule has 0 aliphatic rings. The average molecular weight is 288 g/mol. The van der Waals surface area contributed by atoms with Gasteiger partial charge in [-0.3, -0.25) is 0 Å². The number of imidazole rings is 1. The molecule has 0 spiro atoms. The van der Waals surface area contributed by atoms with E-state index in [1.54, 1.807) is 6.07 Å². The zero-order valence-corrected chi connectivity index (χ0v) is 11.8. The molecule has 0 radical (unpaired) electrons. The van der Waals surface area contributed by atoms with Crippen LogP contribution in [0.15, 0.2) is 17.2 Å². The van der Waals surface area contributed by atoms with Crippen molar-refractivity contribution in [2.24, 2.45) is 0 Å². The van der Waals surface area contributed by atoms with E-state index in [2.05, 4.69) is 10.1 Å². The first-order chi connectivity index (χ1) is 8.47. The second-order valence-electron chi connectivity index (χ2n) is 4.00. The Morgan fingerprint density at radius 2 is 2.06 bits per heavy atom. The molecule has 0 saturated carbocycles. The van der Waals surface area contributed by atoms with E-state index in [1.165, 1.54) is 4.52 Å². The molecule has 2 aromatic heterocycles. The van der Waals surface area contributed by atoms with Gasteiger partial charge < -0.3 is 0 Å². The summed E-state index contributed by atoms with van der Waals surface area (Å²) in [5.41, 5.74) is 1.78. The third kappa shape index (κ3) is 2.35. The first-order valence-electron chi connectivity index (χ1n) is 5.79. The summed E-state index contributed by atoms with van der Waals surface area (Å²) >= 11 is 0. The maximum atomic E-state index is 11.6. The third-order valence-electron chi connectivity index (χ3n) is 2.63. The van der Waals surface area contributed by atoms with Crippen LogP contribution < -0.4 is 0 Å². The Labute approximate surface area is 110 Å². The van der Waals surface area contributed by atoms with Crippen LogP contribution in [0.4, 0.5) is 0 Å². The number of hydrogen-bond donors (Lipinski definition) is 0. The fourth-order valence-electron chi connectivity index (χ4n) is 1.86. The number of aromatic nitrogens is 3. The van der Waals surface area contributed by atoms with Gasteiger partial charge in [-0.25, -0.2) is 17.9 Å². The molecule has 0 aliphatic heterocycles. The number of fused-ring (bicyclic) bond motifs is 1. The van der Waals surface area contributed by atoms with Gasteiger partial charge in [0.1, 0.15) is 0 Å². The number of rotatable bonds is 4. The summed E-state index contributed by atoms with van der Waals surface area (Å²) in [6.45, 7) is 3.87. The van der Waals surface area contributed by atoms with Gasteiger partial charge in [0.05, 0.1) is 11.4 Å². The van der Waals surface area contributed by atoms with Crippen molar-refractivity contribution in [3.8, 4) is 0 Å². The van der Waals surface area contributed by atoms with Gasteiger partial charge in [-0.2, -0.15) is 5.10 Å². The van der Waals surface area contributed by atoms with Crippen LogP contribution in [-0.2, 0) is 21.9 Å². The van der Waals surface area contributed by atoms with Crippen LogP contribution in [0, 0.1) is 0 Å². The lowest BCUT2D eigenvalue weighted by molar-refractivity contribution is 0.599. The van der Waals surface area contributed by atoms with Gasteiger partial charge in [0.25, 0.3) is 9.05 Å². The maximum absolute atomic E-state index is 11.6. The molecular weight excluding hydrogens is 274 g/mol. The quantitative estimate of drug-likeness (QED) is 0.809. The molecule has 0 amide bonds. The topological polar surface area (TPSA) is 64.3 Å². The Balaban J connectivity index is 2.75. The van der Waals surface area contributed by atoms with E-state index in [4.69, 9.17) is 10.7 Å². The van der Waals surface area contributed by atoms with E-state index in [9.17, 15) is 8.42 Å². The van der Waals surface area contributed by atoms with Crippen molar-refractivity contribution >= 4 is 25.4 Å². The molecule has 0 unspecified atom stereocenters. The van der Waals surface area contributed by atoms with Gasteiger partial charge in [0.2, 0.25) is 0 Å². The Bertz CT molecular complexity index is 679. The summed E-state index contributed by atoms with van der Waals surface area (Å²) in [7, 11) is 1.61. The van der Waals surface area contributed by atoms with Crippen molar-refractivity contribution in [1.82, 2.24) is 14.6 Å². The Hall–Kier alpha value is -1.14. The van der Waals surface area contributed by atoms with Gasteiger partial charge in [0.15, 0.2) is 10.7 Å². The molecule has 2 rings (SSSR count). The van der Waals surface area contributed by atoms with Crippen LogP contribution in [0.3, 0.4) is 0 Å². The molecule has 0 aliphatic carbocycles. The van der Waals surface area contributed by atoms with Crippen LogP contribution in [0.2, 0.25) is 0 Å².